The summed E-state index contributed by atoms with van der Waals surface area (Å²) in [7, 11) is 0. The van der Waals surface area contributed by atoms with Gasteiger partial charge in [0.1, 0.15) is 5.75 Å². The molecule has 0 bridgehead atoms. The first-order valence-corrected chi connectivity index (χ1v) is 12.3. The number of amides is 4. The number of nitrogens with one attached hydrogen (secondary N) is 1. The van der Waals surface area contributed by atoms with E-state index in [-0.39, 0.29) is 31.5 Å². The third kappa shape index (κ3) is 7.60. The topological polar surface area (TPSA) is 117 Å². The number of carbonyl (C=O) groups excluding carboxylic acids is 3. The van der Waals surface area contributed by atoms with E-state index in [0.29, 0.717) is 18.0 Å². The minimum absolute atomic E-state index is 0.0232. The van der Waals surface area contributed by atoms with Gasteiger partial charge in [-0.25, -0.2) is 25.3 Å². The second-order valence-corrected chi connectivity index (χ2v) is 10.2. The lowest BCUT2D eigenvalue weighted by Gasteiger charge is -2.45. The molecule has 1 aliphatic heterocycles. The van der Waals surface area contributed by atoms with Crippen molar-refractivity contribution >= 4 is 23.7 Å². The molecule has 2 aromatic rings. The summed E-state index contributed by atoms with van der Waals surface area (Å²) in [5.74, 6) is 6.44. The Balaban J connectivity index is 1.81. The number of imide groups is 1. The summed E-state index contributed by atoms with van der Waals surface area (Å²) in [4.78, 5) is 40.8. The molecule has 0 spiro atoms. The summed E-state index contributed by atoms with van der Waals surface area (Å²) >= 11 is 0. The fourth-order valence-electron chi connectivity index (χ4n) is 3.65. The Labute approximate surface area is 218 Å². The number of benzene rings is 2. The van der Waals surface area contributed by atoms with Crippen LogP contribution >= 0.6 is 0 Å². The van der Waals surface area contributed by atoms with Crippen LogP contribution in [-0.2, 0) is 16.1 Å². The van der Waals surface area contributed by atoms with E-state index in [4.69, 9.17) is 15.3 Å². The van der Waals surface area contributed by atoms with Crippen LogP contribution in [0.2, 0.25) is 0 Å². The number of rotatable bonds is 10. The molecule has 1 saturated heterocycles. The van der Waals surface area contributed by atoms with Gasteiger partial charge in [0, 0.05) is 12.2 Å². The molecule has 4 amide bonds. The predicted molar refractivity (Wildman–Crippen MR) is 140 cm³/mol. The maximum absolute atomic E-state index is 13.5. The Morgan fingerprint density at radius 3 is 2.27 bits per heavy atom. The molecule has 1 heterocycles. The van der Waals surface area contributed by atoms with Crippen LogP contribution in [0.25, 0.3) is 0 Å². The largest absolute Gasteiger partial charge is 0.493 e. The summed E-state index contributed by atoms with van der Waals surface area (Å²) in [6, 6.07) is 13.7. The molecule has 0 aliphatic carbocycles. The van der Waals surface area contributed by atoms with Crippen LogP contribution in [0.5, 0.6) is 5.75 Å². The van der Waals surface area contributed by atoms with E-state index >= 15 is 0 Å². The predicted octanol–water partition coefficient (Wildman–Crippen LogP) is 4.30. The second kappa shape index (κ2) is 12.0. The van der Waals surface area contributed by atoms with Crippen LogP contribution < -0.4 is 15.9 Å². The van der Waals surface area contributed by atoms with Crippen molar-refractivity contribution in [2.24, 2.45) is 11.3 Å². The van der Waals surface area contributed by atoms with E-state index in [1.165, 1.54) is 4.90 Å². The summed E-state index contributed by atoms with van der Waals surface area (Å²) in [5, 5.41) is 4.15. The highest BCUT2D eigenvalue weighted by Gasteiger charge is 2.43. The molecule has 1 atom stereocenters. The zero-order valence-corrected chi connectivity index (χ0v) is 22.2. The highest BCUT2D eigenvalue weighted by Crippen LogP contribution is 2.24. The Hall–Kier alpha value is -3.79. The number of urea groups is 2. The molecule has 1 fully saturated rings. The zero-order chi connectivity index (χ0) is 27.2. The average molecular weight is 512 g/mol. The van der Waals surface area contributed by atoms with Crippen LogP contribution in [-0.4, -0.2) is 58.9 Å². The van der Waals surface area contributed by atoms with Gasteiger partial charge in [-0.1, -0.05) is 50.6 Å². The summed E-state index contributed by atoms with van der Waals surface area (Å²) < 4.78 is 10.8. The van der Waals surface area contributed by atoms with Gasteiger partial charge in [0.2, 0.25) is 6.29 Å². The Bertz CT molecular complexity index is 1080. The van der Waals surface area contributed by atoms with Crippen molar-refractivity contribution in [3.63, 3.8) is 0 Å². The van der Waals surface area contributed by atoms with E-state index < -0.39 is 24.3 Å². The zero-order valence-electron chi connectivity index (χ0n) is 22.2. The SMILES string of the molecule is CCOC(=O)CCN1C(=O)N(N)C(Nc2ccc(OCC(C)(C)C)cc2)N(Cc2ccc(C)cc2)C1=O. The van der Waals surface area contributed by atoms with Crippen molar-refractivity contribution in [3.8, 4) is 5.75 Å². The van der Waals surface area contributed by atoms with E-state index in [1.54, 1.807) is 19.1 Å². The lowest BCUT2D eigenvalue weighted by Crippen LogP contribution is -2.70. The van der Waals surface area contributed by atoms with E-state index in [0.717, 1.165) is 21.0 Å². The molecule has 1 unspecified atom stereocenters. The molecule has 1 aliphatic rings. The minimum atomic E-state index is -0.957. The number of esters is 1. The standard InChI is InChI=1S/C27H37N5O5/c1-6-36-23(33)15-16-30-25(34)31(17-20-9-7-19(2)8-10-20)24(32(28)26(30)35)29-21-11-13-22(14-12-21)37-18-27(3,4)5/h7-14,24,29H,6,15-18,28H2,1-5H3. The van der Waals surface area contributed by atoms with Gasteiger partial charge in [-0.2, -0.15) is 0 Å². The van der Waals surface area contributed by atoms with Gasteiger partial charge in [-0.3, -0.25) is 9.69 Å². The number of ether oxygens (including phenoxy) is 2. The molecule has 0 radical (unpaired) electrons. The van der Waals surface area contributed by atoms with Gasteiger partial charge in [0.25, 0.3) is 0 Å². The quantitative estimate of drug-likeness (QED) is 0.277. The molecule has 10 nitrogen and oxygen atoms in total. The lowest BCUT2D eigenvalue weighted by molar-refractivity contribution is -0.143. The van der Waals surface area contributed by atoms with Crippen molar-refractivity contribution < 1.29 is 23.9 Å². The maximum atomic E-state index is 13.5. The Morgan fingerprint density at radius 2 is 1.68 bits per heavy atom. The van der Waals surface area contributed by atoms with Crippen molar-refractivity contribution in [3.05, 3.63) is 59.7 Å². The van der Waals surface area contributed by atoms with Gasteiger partial charge in [-0.15, -0.1) is 0 Å². The maximum Gasteiger partial charge on any atom is 0.345 e. The molecule has 10 heteroatoms. The fourth-order valence-corrected chi connectivity index (χ4v) is 3.65. The molecular formula is C27H37N5O5. The van der Waals surface area contributed by atoms with Crippen molar-refractivity contribution in [1.29, 1.82) is 0 Å². The summed E-state index contributed by atoms with van der Waals surface area (Å²) in [6.07, 6.45) is -1.08. The number of hydrogen-bond acceptors (Lipinski definition) is 7. The molecular weight excluding hydrogens is 474 g/mol. The van der Waals surface area contributed by atoms with Crippen LogP contribution in [0, 0.1) is 12.3 Å². The summed E-state index contributed by atoms with van der Waals surface area (Å²) in [6.45, 7) is 10.8. The molecule has 0 aromatic heterocycles. The van der Waals surface area contributed by atoms with Gasteiger partial charge in [0.15, 0.2) is 0 Å². The fraction of sp³-hybridized carbons (Fsp3) is 0.444. The number of nitrogens with zero attached hydrogens (tertiary/aromatic N) is 3. The normalized spacial score (nSPS) is 16.2. The van der Waals surface area contributed by atoms with Crippen LogP contribution in [0.1, 0.15) is 45.2 Å². The van der Waals surface area contributed by atoms with E-state index in [2.05, 4.69) is 26.1 Å². The molecule has 3 rings (SSSR count). The van der Waals surface area contributed by atoms with Gasteiger partial charge >= 0.3 is 18.0 Å². The van der Waals surface area contributed by atoms with Crippen molar-refractivity contribution in [2.45, 2.75) is 53.9 Å². The van der Waals surface area contributed by atoms with Gasteiger partial charge in [-0.05, 0) is 49.1 Å². The lowest BCUT2D eigenvalue weighted by atomic mass is 9.99. The molecule has 200 valence electrons. The number of hydrazine groups is 1. The van der Waals surface area contributed by atoms with Crippen LogP contribution in [0.15, 0.2) is 48.5 Å². The number of carbonyl (C=O) groups is 3. The Morgan fingerprint density at radius 1 is 1.03 bits per heavy atom. The van der Waals surface area contributed by atoms with Crippen molar-refractivity contribution in [2.75, 3.05) is 25.1 Å². The monoisotopic (exact) mass is 511 g/mol. The summed E-state index contributed by atoms with van der Waals surface area (Å²) in [5.41, 5.74) is 2.63. The first-order chi connectivity index (χ1) is 17.5. The molecule has 37 heavy (non-hydrogen) atoms. The smallest absolute Gasteiger partial charge is 0.345 e. The van der Waals surface area contributed by atoms with Crippen LogP contribution in [0.3, 0.4) is 0 Å². The Kier molecular flexibility index (Phi) is 8.99. The van der Waals surface area contributed by atoms with E-state index in [9.17, 15) is 14.4 Å². The molecule has 2 aromatic carbocycles. The second-order valence-electron chi connectivity index (χ2n) is 10.2. The van der Waals surface area contributed by atoms with E-state index in [1.807, 2.05) is 43.3 Å². The third-order valence-electron chi connectivity index (χ3n) is 5.63. The van der Waals surface area contributed by atoms with Gasteiger partial charge < -0.3 is 14.8 Å². The van der Waals surface area contributed by atoms with Gasteiger partial charge in [0.05, 0.1) is 26.2 Å². The van der Waals surface area contributed by atoms with Crippen LogP contribution in [0.4, 0.5) is 15.3 Å². The van der Waals surface area contributed by atoms with Crippen molar-refractivity contribution in [1.82, 2.24) is 14.8 Å². The number of aryl methyl sites for hydroxylation is 1. The first-order valence-electron chi connectivity index (χ1n) is 12.3. The highest BCUT2D eigenvalue weighted by atomic mass is 16.5. The number of hydrogen-bond donors (Lipinski definition) is 2. The third-order valence-corrected chi connectivity index (χ3v) is 5.63. The molecule has 3 N–H and O–H groups in total. The number of nitrogens with two attached hydrogens (primary N) is 1. The minimum Gasteiger partial charge on any atom is -0.493 e. The molecule has 0 saturated carbocycles. The average Bonchev–Trinajstić information content (AvgIpc) is 2.85. The first kappa shape index (κ1) is 27.8. The highest BCUT2D eigenvalue weighted by molar-refractivity contribution is 5.96. The number of anilines is 1.